The van der Waals surface area contributed by atoms with Crippen LogP contribution in [0.1, 0.15) is 33.3 Å². The van der Waals surface area contributed by atoms with Crippen molar-refractivity contribution in [3.63, 3.8) is 0 Å². The molecule has 0 aliphatic carbocycles. The number of rotatable bonds is 4. The number of carbonyl (C=O) groups is 3. The minimum Gasteiger partial charge on any atom is -0.467 e. The molecule has 22 heavy (non-hydrogen) atoms. The van der Waals surface area contributed by atoms with Crippen molar-refractivity contribution in [3.05, 3.63) is 29.8 Å². The molecule has 1 aromatic carbocycles. The lowest BCUT2D eigenvalue weighted by Crippen LogP contribution is -2.45. The minimum absolute atomic E-state index is 0.177. The Morgan fingerprint density at radius 3 is 2.36 bits per heavy atom. The van der Waals surface area contributed by atoms with Crippen LogP contribution in [0.2, 0.25) is 0 Å². The zero-order chi connectivity index (χ0) is 16.9. The van der Waals surface area contributed by atoms with Crippen LogP contribution >= 0.6 is 0 Å². The zero-order valence-electron chi connectivity index (χ0n) is 13.5. The molecule has 1 rings (SSSR count). The zero-order valence-corrected chi connectivity index (χ0v) is 13.5. The standard InChI is InChI=1S/C16H22N2O4/c1-11(14(20)22-5)18(10-19)15(21)17-13-9-7-6-8-12(13)16(2,3)4/h6-11H,1-5H3,(H,17,21)/t11-/m0/s1. The molecule has 3 amide bonds. The average molecular weight is 306 g/mol. The summed E-state index contributed by atoms with van der Waals surface area (Å²) in [5.41, 5.74) is 1.35. The van der Waals surface area contributed by atoms with Crippen LogP contribution in [0.25, 0.3) is 0 Å². The summed E-state index contributed by atoms with van der Waals surface area (Å²) >= 11 is 0. The van der Waals surface area contributed by atoms with E-state index < -0.39 is 18.0 Å². The third kappa shape index (κ3) is 4.07. The molecule has 0 radical (unpaired) electrons. The average Bonchev–Trinajstić information content (AvgIpc) is 2.46. The van der Waals surface area contributed by atoms with Gasteiger partial charge in [-0.1, -0.05) is 39.0 Å². The monoisotopic (exact) mass is 306 g/mol. The van der Waals surface area contributed by atoms with Crippen molar-refractivity contribution in [3.8, 4) is 0 Å². The van der Waals surface area contributed by atoms with Crippen molar-refractivity contribution in [2.75, 3.05) is 12.4 Å². The highest BCUT2D eigenvalue weighted by atomic mass is 16.5. The van der Waals surface area contributed by atoms with Crippen molar-refractivity contribution in [1.29, 1.82) is 0 Å². The lowest BCUT2D eigenvalue weighted by molar-refractivity contribution is -0.147. The summed E-state index contributed by atoms with van der Waals surface area (Å²) in [6.07, 6.45) is 0.316. The number of carbonyl (C=O) groups excluding carboxylic acids is 3. The first-order valence-corrected chi connectivity index (χ1v) is 6.94. The lowest BCUT2D eigenvalue weighted by atomic mass is 9.86. The van der Waals surface area contributed by atoms with Gasteiger partial charge in [0.15, 0.2) is 0 Å². The quantitative estimate of drug-likeness (QED) is 0.685. The second kappa shape index (κ2) is 7.06. The largest absolute Gasteiger partial charge is 0.467 e. The smallest absolute Gasteiger partial charge is 0.329 e. The molecule has 6 nitrogen and oxygen atoms in total. The van der Waals surface area contributed by atoms with Crippen LogP contribution in [0.15, 0.2) is 24.3 Å². The van der Waals surface area contributed by atoms with Crippen molar-refractivity contribution < 1.29 is 19.1 Å². The molecule has 0 heterocycles. The maximum Gasteiger partial charge on any atom is 0.329 e. The van der Waals surface area contributed by atoms with Gasteiger partial charge in [0.25, 0.3) is 0 Å². The van der Waals surface area contributed by atoms with Crippen LogP contribution in [0, 0.1) is 0 Å². The highest BCUT2D eigenvalue weighted by Gasteiger charge is 2.27. The third-order valence-corrected chi connectivity index (χ3v) is 3.28. The van der Waals surface area contributed by atoms with Gasteiger partial charge < -0.3 is 10.1 Å². The minimum atomic E-state index is -0.996. The second-order valence-corrected chi connectivity index (χ2v) is 5.94. The summed E-state index contributed by atoms with van der Waals surface area (Å²) < 4.78 is 4.55. The third-order valence-electron chi connectivity index (χ3n) is 3.28. The van der Waals surface area contributed by atoms with Crippen LogP contribution in [-0.4, -0.2) is 36.5 Å². The molecule has 0 aliphatic rings. The van der Waals surface area contributed by atoms with Crippen molar-refractivity contribution >= 4 is 24.1 Å². The number of nitrogens with zero attached hydrogens (tertiary/aromatic N) is 1. The maximum absolute atomic E-state index is 12.3. The Morgan fingerprint density at radius 2 is 1.86 bits per heavy atom. The Kier molecular flexibility index (Phi) is 5.68. The molecule has 6 heteroatoms. The van der Waals surface area contributed by atoms with E-state index in [1.165, 1.54) is 14.0 Å². The molecule has 0 saturated carbocycles. The van der Waals surface area contributed by atoms with Crippen molar-refractivity contribution in [2.24, 2.45) is 0 Å². The van der Waals surface area contributed by atoms with Gasteiger partial charge in [0.1, 0.15) is 6.04 Å². The molecule has 0 aliphatic heterocycles. The van der Waals surface area contributed by atoms with Gasteiger partial charge in [0, 0.05) is 5.69 Å². The van der Waals surface area contributed by atoms with Crippen LogP contribution in [0.3, 0.4) is 0 Å². The molecule has 1 N–H and O–H groups in total. The molecular weight excluding hydrogens is 284 g/mol. The molecule has 0 bridgehead atoms. The Morgan fingerprint density at radius 1 is 1.27 bits per heavy atom. The van der Waals surface area contributed by atoms with E-state index >= 15 is 0 Å². The molecule has 1 atom stereocenters. The first kappa shape index (κ1) is 17.7. The number of hydrogen-bond donors (Lipinski definition) is 1. The van der Waals surface area contributed by atoms with E-state index in [1.54, 1.807) is 12.1 Å². The Bertz CT molecular complexity index is 564. The van der Waals surface area contributed by atoms with E-state index in [4.69, 9.17) is 0 Å². The number of esters is 1. The van der Waals surface area contributed by atoms with Gasteiger partial charge in [0.05, 0.1) is 7.11 Å². The molecule has 0 saturated heterocycles. The summed E-state index contributed by atoms with van der Waals surface area (Å²) in [6, 6.07) is 5.66. The summed E-state index contributed by atoms with van der Waals surface area (Å²) in [6.45, 7) is 7.49. The Balaban J connectivity index is 3.02. The molecule has 1 aromatic rings. The van der Waals surface area contributed by atoms with E-state index in [2.05, 4.69) is 10.1 Å². The topological polar surface area (TPSA) is 75.7 Å². The van der Waals surface area contributed by atoms with E-state index in [0.717, 1.165) is 10.5 Å². The first-order chi connectivity index (χ1) is 10.2. The summed E-state index contributed by atoms with van der Waals surface area (Å²) in [4.78, 5) is 35.7. The number of methoxy groups -OCH3 is 1. The molecule has 0 unspecified atom stereocenters. The second-order valence-electron chi connectivity index (χ2n) is 5.94. The number of anilines is 1. The molecule has 0 spiro atoms. The number of para-hydroxylation sites is 1. The molecule has 0 aromatic heterocycles. The number of amides is 3. The fourth-order valence-electron chi connectivity index (χ4n) is 2.03. The predicted molar refractivity (Wildman–Crippen MR) is 83.5 cm³/mol. The van der Waals surface area contributed by atoms with Gasteiger partial charge in [-0.25, -0.2) is 9.59 Å². The fraction of sp³-hybridized carbons (Fsp3) is 0.438. The molecule has 0 fully saturated rings. The fourth-order valence-corrected chi connectivity index (χ4v) is 2.03. The summed E-state index contributed by atoms with van der Waals surface area (Å²) in [5.74, 6) is -0.661. The van der Waals surface area contributed by atoms with Gasteiger partial charge in [0.2, 0.25) is 6.41 Å². The number of urea groups is 1. The van der Waals surface area contributed by atoms with Crippen LogP contribution in [-0.2, 0) is 19.7 Å². The predicted octanol–water partition coefficient (Wildman–Crippen LogP) is 2.54. The number of nitrogens with one attached hydrogen (secondary N) is 1. The number of imide groups is 1. The van der Waals surface area contributed by atoms with E-state index in [1.807, 2.05) is 32.9 Å². The highest BCUT2D eigenvalue weighted by molar-refractivity contribution is 5.99. The molecular formula is C16H22N2O4. The van der Waals surface area contributed by atoms with Gasteiger partial charge in [-0.05, 0) is 24.0 Å². The Labute approximate surface area is 130 Å². The SMILES string of the molecule is COC(=O)[C@H](C)N(C=O)C(=O)Nc1ccccc1C(C)(C)C. The number of benzene rings is 1. The van der Waals surface area contributed by atoms with Gasteiger partial charge in [-0.3, -0.25) is 9.69 Å². The van der Waals surface area contributed by atoms with E-state index in [9.17, 15) is 14.4 Å². The summed E-state index contributed by atoms with van der Waals surface area (Å²) in [5, 5.41) is 2.68. The number of hydrogen-bond acceptors (Lipinski definition) is 4. The van der Waals surface area contributed by atoms with Crippen LogP contribution in [0.5, 0.6) is 0 Å². The van der Waals surface area contributed by atoms with Gasteiger partial charge >= 0.3 is 12.0 Å². The van der Waals surface area contributed by atoms with Crippen molar-refractivity contribution in [2.45, 2.75) is 39.2 Å². The van der Waals surface area contributed by atoms with Crippen LogP contribution in [0.4, 0.5) is 10.5 Å². The number of ether oxygens (including phenoxy) is 1. The normalized spacial score (nSPS) is 12.2. The lowest BCUT2D eigenvalue weighted by Gasteiger charge is -2.25. The van der Waals surface area contributed by atoms with E-state index in [0.29, 0.717) is 12.1 Å². The van der Waals surface area contributed by atoms with Crippen molar-refractivity contribution in [1.82, 2.24) is 4.90 Å². The van der Waals surface area contributed by atoms with Gasteiger partial charge in [-0.15, -0.1) is 0 Å². The summed E-state index contributed by atoms with van der Waals surface area (Å²) in [7, 11) is 1.20. The maximum atomic E-state index is 12.3. The van der Waals surface area contributed by atoms with E-state index in [-0.39, 0.29) is 5.41 Å². The molecule has 120 valence electrons. The van der Waals surface area contributed by atoms with Gasteiger partial charge in [-0.2, -0.15) is 0 Å². The highest BCUT2D eigenvalue weighted by Crippen LogP contribution is 2.29. The first-order valence-electron chi connectivity index (χ1n) is 6.94. The van der Waals surface area contributed by atoms with Crippen LogP contribution < -0.4 is 5.32 Å². The Hall–Kier alpha value is -2.37.